The largest absolute Gasteiger partial charge is 0.497 e. The van der Waals surface area contributed by atoms with E-state index < -0.39 is 0 Å². The van der Waals surface area contributed by atoms with E-state index in [1.807, 2.05) is 62.4 Å². The van der Waals surface area contributed by atoms with Gasteiger partial charge < -0.3 is 25.2 Å². The fourth-order valence-corrected chi connectivity index (χ4v) is 4.39. The van der Waals surface area contributed by atoms with E-state index in [0.717, 1.165) is 67.2 Å². The van der Waals surface area contributed by atoms with E-state index in [9.17, 15) is 4.79 Å². The number of piperazine rings is 1. The van der Waals surface area contributed by atoms with Crippen LogP contribution in [0, 0.1) is 5.92 Å². The van der Waals surface area contributed by atoms with Gasteiger partial charge in [-0.05, 0) is 56.3 Å². The van der Waals surface area contributed by atoms with Crippen LogP contribution in [0.15, 0.2) is 54.9 Å². The highest BCUT2D eigenvalue weighted by molar-refractivity contribution is 6.35. The number of nitrogens with zero attached hydrogens (tertiary/aromatic N) is 5. The summed E-state index contributed by atoms with van der Waals surface area (Å²) in [6.45, 7) is 7.79. The molecule has 3 N–H and O–H groups in total. The first kappa shape index (κ1) is 29.1. The fraction of sp³-hybridized carbons (Fsp3) is 0.379. The summed E-state index contributed by atoms with van der Waals surface area (Å²) < 4.78 is 5.02. The average molecular weight is 565 g/mol. The second-order valence-corrected chi connectivity index (χ2v) is 9.76. The van der Waals surface area contributed by atoms with Crippen molar-refractivity contribution in [2.45, 2.75) is 26.7 Å². The van der Waals surface area contributed by atoms with Gasteiger partial charge in [0.2, 0.25) is 5.91 Å². The summed E-state index contributed by atoms with van der Waals surface area (Å²) in [6, 6.07) is 15.3. The number of aromatic nitrogens is 4. The van der Waals surface area contributed by atoms with Gasteiger partial charge >= 0.3 is 0 Å². The molecule has 10 nitrogen and oxygen atoms in total. The monoisotopic (exact) mass is 564 g/mol. The maximum Gasteiger partial charge on any atom is 0.227 e. The summed E-state index contributed by atoms with van der Waals surface area (Å²) >= 11 is 6.57. The number of hydrogen-bond acceptors (Lipinski definition) is 8. The van der Waals surface area contributed by atoms with Gasteiger partial charge in [-0.1, -0.05) is 37.6 Å². The van der Waals surface area contributed by atoms with Gasteiger partial charge in [-0.15, -0.1) is 0 Å². The number of benzene rings is 2. The molecule has 1 aliphatic carbocycles. The average Bonchev–Trinajstić information content (AvgIpc) is 3.78. The SMILES string of the molecule is CC.CN1CCN(c2ncnc(Nc3n[nH]c4ccccc34)c2Cl)CC1.COc1ccc(NC(=O)C2CC2)cc1. The summed E-state index contributed by atoms with van der Waals surface area (Å²) in [6.07, 6.45) is 3.60. The Morgan fingerprint density at radius 2 is 1.70 bits per heavy atom. The van der Waals surface area contributed by atoms with Crippen LogP contribution < -0.4 is 20.3 Å². The molecule has 0 atom stereocenters. The van der Waals surface area contributed by atoms with Gasteiger partial charge in [-0.3, -0.25) is 9.89 Å². The van der Waals surface area contributed by atoms with Crippen LogP contribution in [0.3, 0.4) is 0 Å². The van der Waals surface area contributed by atoms with Crippen LogP contribution in [0.25, 0.3) is 10.9 Å². The van der Waals surface area contributed by atoms with E-state index in [2.05, 4.69) is 47.6 Å². The summed E-state index contributed by atoms with van der Waals surface area (Å²) in [5.74, 6) is 3.22. The Kier molecular flexibility index (Phi) is 10.2. The molecule has 0 bridgehead atoms. The number of para-hydroxylation sites is 1. The number of carbonyl (C=O) groups excluding carboxylic acids is 1. The molecule has 3 heterocycles. The Hall–Kier alpha value is -3.89. The van der Waals surface area contributed by atoms with Gasteiger partial charge in [0.1, 0.15) is 17.1 Å². The molecule has 2 fully saturated rings. The first-order chi connectivity index (χ1) is 19.5. The molecule has 0 radical (unpaired) electrons. The molecule has 0 spiro atoms. The summed E-state index contributed by atoms with van der Waals surface area (Å²) in [7, 11) is 3.74. The Labute approximate surface area is 240 Å². The number of nitrogens with one attached hydrogen (secondary N) is 3. The van der Waals surface area contributed by atoms with E-state index in [0.29, 0.717) is 16.7 Å². The quantitative estimate of drug-likeness (QED) is 0.279. The van der Waals surface area contributed by atoms with Crippen LogP contribution in [-0.2, 0) is 4.79 Å². The number of aromatic amines is 1. The Bertz CT molecular complexity index is 1380. The molecule has 11 heteroatoms. The minimum atomic E-state index is 0.134. The van der Waals surface area contributed by atoms with Gasteiger partial charge in [0.25, 0.3) is 0 Å². The lowest BCUT2D eigenvalue weighted by molar-refractivity contribution is -0.117. The molecule has 0 unspecified atom stereocenters. The maximum absolute atomic E-state index is 11.4. The first-order valence-corrected chi connectivity index (χ1v) is 14.0. The van der Waals surface area contributed by atoms with Crippen molar-refractivity contribution in [2.75, 3.05) is 55.9 Å². The van der Waals surface area contributed by atoms with Crippen molar-refractivity contribution in [2.24, 2.45) is 5.92 Å². The Balaban J connectivity index is 0.000000197. The second kappa shape index (κ2) is 14.0. The number of H-pyrrole nitrogens is 1. The molecule has 40 heavy (non-hydrogen) atoms. The number of fused-ring (bicyclic) bond motifs is 1. The molecule has 2 aromatic carbocycles. The highest BCUT2D eigenvalue weighted by atomic mass is 35.5. The highest BCUT2D eigenvalue weighted by Gasteiger charge is 2.29. The number of ether oxygens (including phenoxy) is 1. The van der Waals surface area contributed by atoms with Crippen LogP contribution in [0.4, 0.5) is 23.1 Å². The number of methoxy groups -OCH3 is 1. The number of amides is 1. The molecular weight excluding hydrogens is 528 g/mol. The van der Waals surface area contributed by atoms with Crippen LogP contribution in [0.1, 0.15) is 26.7 Å². The van der Waals surface area contributed by atoms with Crippen molar-refractivity contribution in [1.29, 1.82) is 0 Å². The van der Waals surface area contributed by atoms with Gasteiger partial charge in [0.05, 0.1) is 12.6 Å². The molecule has 2 aliphatic rings. The third kappa shape index (κ3) is 7.40. The van der Waals surface area contributed by atoms with Crippen LogP contribution in [-0.4, -0.2) is 71.3 Å². The molecule has 4 aromatic rings. The van der Waals surface area contributed by atoms with Gasteiger partial charge in [-0.25, -0.2) is 9.97 Å². The van der Waals surface area contributed by atoms with E-state index in [4.69, 9.17) is 16.3 Å². The van der Waals surface area contributed by atoms with E-state index in [1.165, 1.54) is 6.33 Å². The number of likely N-dealkylation sites (N-methyl/N-ethyl adjacent to an activating group) is 1. The normalized spacial score (nSPS) is 14.9. The third-order valence-corrected chi connectivity index (χ3v) is 6.93. The molecule has 212 valence electrons. The smallest absolute Gasteiger partial charge is 0.227 e. The lowest BCUT2D eigenvalue weighted by Crippen LogP contribution is -2.45. The Morgan fingerprint density at radius 3 is 2.38 bits per heavy atom. The van der Waals surface area contributed by atoms with Gasteiger partial charge in [-0.2, -0.15) is 5.10 Å². The highest BCUT2D eigenvalue weighted by Crippen LogP contribution is 2.33. The standard InChI is InChI=1S/C16H18ClN7.C11H13NO2.C2H6/c1-23-6-8-24(9-7-23)16-13(17)15(18-10-19-16)20-14-11-4-2-3-5-12(11)21-22-14;1-14-10-6-4-9(5-7-10)12-11(13)8-2-3-8;1-2/h2-5,10H,6-9H2,1H3,(H2,18,19,20,21,22);4-8H,2-3H2,1H3,(H,12,13);1-2H3. The van der Waals surface area contributed by atoms with E-state index in [1.54, 1.807) is 7.11 Å². The molecular formula is C29H37ClN8O2. The lowest BCUT2D eigenvalue weighted by Gasteiger charge is -2.33. The predicted molar refractivity (Wildman–Crippen MR) is 162 cm³/mol. The molecule has 2 aromatic heterocycles. The van der Waals surface area contributed by atoms with Crippen LogP contribution in [0.5, 0.6) is 5.75 Å². The van der Waals surface area contributed by atoms with E-state index in [-0.39, 0.29) is 11.8 Å². The molecule has 6 rings (SSSR count). The molecule has 1 amide bonds. The summed E-state index contributed by atoms with van der Waals surface area (Å²) in [5, 5.41) is 14.9. The van der Waals surface area contributed by atoms with Crippen LogP contribution >= 0.6 is 11.6 Å². The zero-order chi connectivity index (χ0) is 28.5. The van der Waals surface area contributed by atoms with Crippen molar-refractivity contribution >= 4 is 51.6 Å². The number of halogens is 1. The number of hydrogen-bond donors (Lipinski definition) is 3. The van der Waals surface area contributed by atoms with Crippen molar-refractivity contribution in [1.82, 2.24) is 25.1 Å². The predicted octanol–water partition coefficient (Wildman–Crippen LogP) is 5.57. The zero-order valence-corrected chi connectivity index (χ0v) is 24.2. The van der Waals surface area contributed by atoms with Crippen molar-refractivity contribution in [3.63, 3.8) is 0 Å². The van der Waals surface area contributed by atoms with Crippen LogP contribution in [0.2, 0.25) is 5.02 Å². The van der Waals surface area contributed by atoms with E-state index >= 15 is 0 Å². The molecule has 1 saturated heterocycles. The molecule has 1 saturated carbocycles. The van der Waals surface area contributed by atoms with Crippen molar-refractivity contribution in [3.05, 3.63) is 59.9 Å². The van der Waals surface area contributed by atoms with Gasteiger partial charge in [0.15, 0.2) is 17.5 Å². The second-order valence-electron chi connectivity index (χ2n) is 9.39. The minimum absolute atomic E-state index is 0.134. The summed E-state index contributed by atoms with van der Waals surface area (Å²) in [4.78, 5) is 24.5. The maximum atomic E-state index is 11.4. The van der Waals surface area contributed by atoms with Gasteiger partial charge in [0, 0.05) is 43.2 Å². The first-order valence-electron chi connectivity index (χ1n) is 13.6. The third-order valence-electron chi connectivity index (χ3n) is 6.59. The fourth-order valence-electron chi connectivity index (χ4n) is 4.12. The van der Waals surface area contributed by atoms with Crippen molar-refractivity contribution < 1.29 is 9.53 Å². The number of rotatable bonds is 6. The minimum Gasteiger partial charge on any atom is -0.497 e. The molecule has 1 aliphatic heterocycles. The van der Waals surface area contributed by atoms with Crippen molar-refractivity contribution in [3.8, 4) is 5.75 Å². The Morgan fingerprint density at radius 1 is 1.00 bits per heavy atom. The topological polar surface area (TPSA) is 111 Å². The number of anilines is 4. The lowest BCUT2D eigenvalue weighted by atomic mass is 10.2. The number of carbonyl (C=O) groups is 1. The summed E-state index contributed by atoms with van der Waals surface area (Å²) in [5.41, 5.74) is 1.80. The zero-order valence-electron chi connectivity index (χ0n) is 23.4.